The first-order valence-electron chi connectivity index (χ1n) is 10.2. The predicted molar refractivity (Wildman–Crippen MR) is 113 cm³/mol. The monoisotopic (exact) mass is 389 g/mol. The van der Waals surface area contributed by atoms with Crippen LogP contribution in [0.5, 0.6) is 0 Å². The summed E-state index contributed by atoms with van der Waals surface area (Å²) in [7, 11) is 0. The number of benzene rings is 2. The molecule has 1 amide bonds. The summed E-state index contributed by atoms with van der Waals surface area (Å²) in [5.41, 5.74) is 2.89. The van der Waals surface area contributed by atoms with Crippen molar-refractivity contribution >= 4 is 5.91 Å². The number of nitrogens with zero attached hydrogens (tertiary/aromatic N) is 3. The van der Waals surface area contributed by atoms with Gasteiger partial charge >= 0.3 is 0 Å². The summed E-state index contributed by atoms with van der Waals surface area (Å²) in [6.07, 6.45) is 2.87. The summed E-state index contributed by atoms with van der Waals surface area (Å²) < 4.78 is 5.58. The molecule has 1 aliphatic heterocycles. The number of piperidine rings is 1. The number of likely N-dealkylation sites (tertiary alicyclic amines) is 1. The maximum atomic E-state index is 13.3. The minimum atomic E-state index is -0.177. The Morgan fingerprint density at radius 3 is 2.45 bits per heavy atom. The van der Waals surface area contributed by atoms with Gasteiger partial charge in [0.2, 0.25) is 11.7 Å². The van der Waals surface area contributed by atoms with E-state index in [1.54, 1.807) is 0 Å². The molecule has 2 aromatic carbocycles. The Morgan fingerprint density at radius 2 is 1.76 bits per heavy atom. The molecule has 150 valence electrons. The van der Waals surface area contributed by atoms with Crippen LogP contribution in [0.15, 0.2) is 59.1 Å². The molecule has 1 aromatic heterocycles. The Hall–Kier alpha value is -2.95. The van der Waals surface area contributed by atoms with Crippen molar-refractivity contribution in [2.45, 2.75) is 51.5 Å². The highest BCUT2D eigenvalue weighted by Gasteiger charge is 2.33. The second-order valence-corrected chi connectivity index (χ2v) is 8.66. The first-order chi connectivity index (χ1) is 13.9. The normalized spacial score (nSPS) is 17.3. The number of amides is 1. The number of hydrogen-bond donors (Lipinski definition) is 0. The lowest BCUT2D eigenvalue weighted by Gasteiger charge is -2.33. The largest absolute Gasteiger partial charge is 0.337 e. The molecule has 1 aliphatic rings. The molecular weight excluding hydrogens is 362 g/mol. The van der Waals surface area contributed by atoms with Crippen molar-refractivity contribution in [2.75, 3.05) is 6.54 Å². The number of hydrogen-bond acceptors (Lipinski definition) is 4. The van der Waals surface area contributed by atoms with Gasteiger partial charge in [0.1, 0.15) is 6.04 Å². The van der Waals surface area contributed by atoms with E-state index in [1.165, 1.54) is 5.56 Å². The van der Waals surface area contributed by atoms with Crippen LogP contribution >= 0.6 is 0 Å². The lowest BCUT2D eigenvalue weighted by molar-refractivity contribution is 0.0561. The molecule has 29 heavy (non-hydrogen) atoms. The van der Waals surface area contributed by atoms with Crippen molar-refractivity contribution < 1.29 is 9.32 Å². The van der Waals surface area contributed by atoms with Gasteiger partial charge in [-0.2, -0.15) is 4.98 Å². The Balaban J connectivity index is 1.58. The number of carbonyl (C=O) groups is 1. The summed E-state index contributed by atoms with van der Waals surface area (Å²) in [5.74, 6) is 1.10. The summed E-state index contributed by atoms with van der Waals surface area (Å²) in [5, 5.41) is 4.14. The van der Waals surface area contributed by atoms with Crippen molar-refractivity contribution in [3.05, 3.63) is 71.6 Å². The van der Waals surface area contributed by atoms with Gasteiger partial charge in [-0.15, -0.1) is 0 Å². The molecule has 0 bridgehead atoms. The van der Waals surface area contributed by atoms with E-state index >= 15 is 0 Å². The maximum Gasteiger partial charge on any atom is 0.254 e. The lowest BCUT2D eigenvalue weighted by Crippen LogP contribution is -2.38. The van der Waals surface area contributed by atoms with Gasteiger partial charge in [-0.05, 0) is 42.4 Å². The van der Waals surface area contributed by atoms with Crippen LogP contribution in [0.4, 0.5) is 0 Å². The van der Waals surface area contributed by atoms with Crippen LogP contribution in [0.3, 0.4) is 0 Å². The van der Waals surface area contributed by atoms with Gasteiger partial charge in [-0.3, -0.25) is 4.79 Å². The van der Waals surface area contributed by atoms with E-state index in [2.05, 4.69) is 30.9 Å². The van der Waals surface area contributed by atoms with Crippen molar-refractivity contribution in [3.63, 3.8) is 0 Å². The third-order valence-electron chi connectivity index (χ3n) is 5.52. The third-order valence-corrected chi connectivity index (χ3v) is 5.52. The Bertz CT molecular complexity index is 971. The van der Waals surface area contributed by atoms with Crippen LogP contribution in [0.25, 0.3) is 11.4 Å². The highest BCUT2D eigenvalue weighted by atomic mass is 16.5. The van der Waals surface area contributed by atoms with E-state index < -0.39 is 0 Å². The van der Waals surface area contributed by atoms with Gasteiger partial charge in [0.05, 0.1) is 0 Å². The van der Waals surface area contributed by atoms with E-state index in [0.717, 1.165) is 24.8 Å². The lowest BCUT2D eigenvalue weighted by atomic mass is 9.86. The number of carbonyl (C=O) groups excluding carboxylic acids is 1. The fourth-order valence-corrected chi connectivity index (χ4v) is 3.79. The van der Waals surface area contributed by atoms with Crippen LogP contribution in [0, 0.1) is 0 Å². The van der Waals surface area contributed by atoms with Crippen molar-refractivity contribution in [2.24, 2.45) is 0 Å². The standard InChI is InChI=1S/C24H27N3O2/c1-24(2,3)19-14-12-18(13-15-19)23(28)27-16-8-7-11-20(27)22-25-21(26-29-22)17-9-5-4-6-10-17/h4-6,9-10,12-15,20H,7-8,11,16H2,1-3H3. The van der Waals surface area contributed by atoms with E-state index in [9.17, 15) is 4.79 Å². The number of aromatic nitrogens is 2. The van der Waals surface area contributed by atoms with E-state index in [0.29, 0.717) is 23.8 Å². The Morgan fingerprint density at radius 1 is 1.03 bits per heavy atom. The van der Waals surface area contributed by atoms with E-state index in [1.807, 2.05) is 59.5 Å². The molecule has 3 aromatic rings. The molecule has 0 radical (unpaired) electrons. The highest BCUT2D eigenvalue weighted by molar-refractivity contribution is 5.94. The third kappa shape index (κ3) is 4.09. The zero-order valence-corrected chi connectivity index (χ0v) is 17.3. The molecule has 2 heterocycles. The summed E-state index contributed by atoms with van der Waals surface area (Å²) in [6.45, 7) is 7.22. The minimum Gasteiger partial charge on any atom is -0.337 e. The fourth-order valence-electron chi connectivity index (χ4n) is 3.79. The highest BCUT2D eigenvalue weighted by Crippen LogP contribution is 2.32. The maximum absolute atomic E-state index is 13.3. The van der Waals surface area contributed by atoms with E-state index in [-0.39, 0.29) is 17.4 Å². The average molecular weight is 389 g/mol. The first kappa shape index (κ1) is 19.4. The van der Waals surface area contributed by atoms with Gasteiger partial charge in [0.15, 0.2) is 0 Å². The minimum absolute atomic E-state index is 0.0228. The van der Waals surface area contributed by atoms with Crippen LogP contribution in [-0.4, -0.2) is 27.5 Å². The second-order valence-electron chi connectivity index (χ2n) is 8.66. The quantitative estimate of drug-likeness (QED) is 0.602. The summed E-state index contributed by atoms with van der Waals surface area (Å²) >= 11 is 0. The van der Waals surface area contributed by atoms with Crippen molar-refractivity contribution in [1.82, 2.24) is 15.0 Å². The number of rotatable bonds is 3. The Kier molecular flexibility index (Phi) is 5.22. The molecule has 0 N–H and O–H groups in total. The molecule has 1 atom stereocenters. The molecule has 0 aliphatic carbocycles. The average Bonchev–Trinajstić information content (AvgIpc) is 3.23. The SMILES string of the molecule is CC(C)(C)c1ccc(C(=O)N2CCCCC2c2nc(-c3ccccc3)no2)cc1. The van der Waals surface area contributed by atoms with Crippen LogP contribution in [0.1, 0.15) is 67.9 Å². The first-order valence-corrected chi connectivity index (χ1v) is 10.2. The van der Waals surface area contributed by atoms with E-state index in [4.69, 9.17) is 4.52 Å². The van der Waals surface area contributed by atoms with Gasteiger partial charge in [0.25, 0.3) is 5.91 Å². The molecule has 1 saturated heterocycles. The van der Waals surface area contributed by atoms with Crippen LogP contribution < -0.4 is 0 Å². The van der Waals surface area contributed by atoms with Crippen LogP contribution in [0.2, 0.25) is 0 Å². The molecule has 5 heteroatoms. The second kappa shape index (κ2) is 7.82. The molecular formula is C24H27N3O2. The van der Waals surface area contributed by atoms with Gasteiger partial charge < -0.3 is 9.42 Å². The van der Waals surface area contributed by atoms with Gasteiger partial charge in [0, 0.05) is 17.7 Å². The molecule has 5 nitrogen and oxygen atoms in total. The summed E-state index contributed by atoms with van der Waals surface area (Å²) in [4.78, 5) is 19.7. The zero-order valence-electron chi connectivity index (χ0n) is 17.3. The molecule has 0 spiro atoms. The van der Waals surface area contributed by atoms with Crippen LogP contribution in [-0.2, 0) is 5.41 Å². The summed E-state index contributed by atoms with van der Waals surface area (Å²) in [6, 6.07) is 17.5. The van der Waals surface area contributed by atoms with Crippen molar-refractivity contribution in [1.29, 1.82) is 0 Å². The Labute approximate surface area is 171 Å². The smallest absolute Gasteiger partial charge is 0.254 e. The molecule has 1 unspecified atom stereocenters. The topological polar surface area (TPSA) is 59.2 Å². The molecule has 0 saturated carbocycles. The fraction of sp³-hybridized carbons (Fsp3) is 0.375. The zero-order chi connectivity index (χ0) is 20.4. The van der Waals surface area contributed by atoms with Gasteiger partial charge in [-0.25, -0.2) is 0 Å². The predicted octanol–water partition coefficient (Wildman–Crippen LogP) is 5.40. The molecule has 4 rings (SSSR count). The van der Waals surface area contributed by atoms with Gasteiger partial charge in [-0.1, -0.05) is 68.4 Å². The molecule has 1 fully saturated rings. The van der Waals surface area contributed by atoms with Crippen molar-refractivity contribution in [3.8, 4) is 11.4 Å².